The maximum atomic E-state index is 8.83. The summed E-state index contributed by atoms with van der Waals surface area (Å²) in [5, 5.41) is 8.83. The Hall–Kier alpha value is -2.37. The molecule has 0 bridgehead atoms. The zero-order valence-electron chi connectivity index (χ0n) is 15.0. The van der Waals surface area contributed by atoms with Gasteiger partial charge >= 0.3 is 0 Å². The number of halogens is 1. The van der Waals surface area contributed by atoms with Crippen LogP contribution in [0.25, 0.3) is 12.2 Å². The highest BCUT2D eigenvalue weighted by Crippen LogP contribution is 2.17. The number of unbranched alkanes of at least 4 members (excludes halogenated alkanes) is 1. The van der Waals surface area contributed by atoms with Crippen LogP contribution in [0.1, 0.15) is 35.6 Å². The van der Waals surface area contributed by atoms with Crippen LogP contribution in [0.4, 0.5) is 0 Å². The summed E-state index contributed by atoms with van der Waals surface area (Å²) < 4.78 is 12.3. The molecule has 0 aliphatic heterocycles. The van der Waals surface area contributed by atoms with Crippen LogP contribution in [0.5, 0.6) is 5.75 Å². The third-order valence-electron chi connectivity index (χ3n) is 4.04. The van der Waals surface area contributed by atoms with Gasteiger partial charge in [-0.1, -0.05) is 40.2 Å². The molecule has 2 aromatic carbocycles. The Morgan fingerprint density at radius 2 is 1.78 bits per heavy atom. The largest absolute Gasteiger partial charge is 0.487 e. The number of aromatic nitrogens is 1. The van der Waals surface area contributed by atoms with Crippen LogP contribution >= 0.6 is 15.9 Å². The number of ether oxygens (including phenoxy) is 1. The lowest BCUT2D eigenvalue weighted by molar-refractivity contribution is 0.284. The summed E-state index contributed by atoms with van der Waals surface area (Å²) in [6.07, 6.45) is 8.21. The Labute approximate surface area is 167 Å². The third-order valence-corrected chi connectivity index (χ3v) is 4.57. The van der Waals surface area contributed by atoms with Crippen molar-refractivity contribution in [3.8, 4) is 5.75 Å². The molecule has 0 unspecified atom stereocenters. The van der Waals surface area contributed by atoms with Gasteiger partial charge in [-0.2, -0.15) is 0 Å². The fourth-order valence-electron chi connectivity index (χ4n) is 2.56. The summed E-state index contributed by atoms with van der Waals surface area (Å²) in [5.41, 5.74) is 3.07. The van der Waals surface area contributed by atoms with Gasteiger partial charge in [-0.15, -0.1) is 0 Å². The molecule has 140 valence electrons. The van der Waals surface area contributed by atoms with Crippen molar-refractivity contribution < 1.29 is 14.3 Å². The van der Waals surface area contributed by atoms with Crippen LogP contribution in [-0.2, 0) is 13.0 Å². The first-order valence-electron chi connectivity index (χ1n) is 8.93. The van der Waals surface area contributed by atoms with Crippen molar-refractivity contribution in [2.75, 3.05) is 6.61 Å². The molecule has 4 nitrogen and oxygen atoms in total. The van der Waals surface area contributed by atoms with Crippen molar-refractivity contribution >= 4 is 28.1 Å². The predicted octanol–water partition coefficient (Wildman–Crippen LogP) is 5.50. The Bertz CT molecular complexity index is 854. The van der Waals surface area contributed by atoms with E-state index >= 15 is 0 Å². The van der Waals surface area contributed by atoms with Gasteiger partial charge in [0.1, 0.15) is 24.3 Å². The molecule has 27 heavy (non-hydrogen) atoms. The summed E-state index contributed by atoms with van der Waals surface area (Å²) in [5.74, 6) is 1.35. The molecular weight excluding hydrogens is 406 g/mol. The maximum Gasteiger partial charge on any atom is 0.218 e. The molecule has 0 aliphatic rings. The van der Waals surface area contributed by atoms with Crippen molar-refractivity contribution in [1.82, 2.24) is 4.98 Å². The van der Waals surface area contributed by atoms with Gasteiger partial charge in [0, 0.05) is 17.2 Å². The molecule has 1 aromatic heterocycles. The molecule has 1 heterocycles. The summed E-state index contributed by atoms with van der Waals surface area (Å²) in [6, 6.07) is 16.1. The monoisotopic (exact) mass is 427 g/mol. The Balaban J connectivity index is 1.49. The second kappa shape index (κ2) is 10.1. The average Bonchev–Trinajstić information content (AvgIpc) is 3.15. The van der Waals surface area contributed by atoms with E-state index in [0.717, 1.165) is 40.7 Å². The van der Waals surface area contributed by atoms with Crippen LogP contribution in [-0.4, -0.2) is 16.7 Å². The summed E-state index contributed by atoms with van der Waals surface area (Å²) in [6.45, 7) is 0.610. The number of aliphatic hydroxyl groups is 1. The second-order valence-electron chi connectivity index (χ2n) is 6.18. The molecule has 0 spiro atoms. The fraction of sp³-hybridized carbons (Fsp3) is 0.227. The minimum atomic E-state index is 0.249. The van der Waals surface area contributed by atoms with Crippen LogP contribution < -0.4 is 4.74 Å². The van der Waals surface area contributed by atoms with E-state index in [9.17, 15) is 0 Å². The summed E-state index contributed by atoms with van der Waals surface area (Å²) in [7, 11) is 0. The predicted molar refractivity (Wildman–Crippen MR) is 110 cm³/mol. The lowest BCUT2D eigenvalue weighted by atomic mass is 10.1. The van der Waals surface area contributed by atoms with E-state index in [-0.39, 0.29) is 6.61 Å². The molecule has 3 aromatic rings. The van der Waals surface area contributed by atoms with Gasteiger partial charge in [-0.05, 0) is 60.7 Å². The molecule has 0 saturated heterocycles. The van der Waals surface area contributed by atoms with Gasteiger partial charge in [0.15, 0.2) is 0 Å². The van der Waals surface area contributed by atoms with E-state index in [1.165, 1.54) is 5.56 Å². The van der Waals surface area contributed by atoms with Crippen molar-refractivity contribution in [3.63, 3.8) is 0 Å². The minimum absolute atomic E-state index is 0.249. The van der Waals surface area contributed by atoms with Crippen molar-refractivity contribution in [2.45, 2.75) is 25.9 Å². The van der Waals surface area contributed by atoms with Crippen molar-refractivity contribution in [3.05, 3.63) is 82.0 Å². The Kier molecular flexibility index (Phi) is 7.25. The van der Waals surface area contributed by atoms with Crippen molar-refractivity contribution in [1.29, 1.82) is 0 Å². The van der Waals surface area contributed by atoms with E-state index in [1.54, 1.807) is 6.26 Å². The number of aliphatic hydroxyl groups excluding tert-OH is 1. The summed E-state index contributed by atoms with van der Waals surface area (Å²) >= 11 is 3.42. The molecule has 5 heteroatoms. The van der Waals surface area contributed by atoms with Gasteiger partial charge in [-0.3, -0.25) is 0 Å². The van der Waals surface area contributed by atoms with Crippen LogP contribution in [0.15, 0.2) is 63.7 Å². The first kappa shape index (κ1) is 19.4. The molecule has 0 aliphatic carbocycles. The van der Waals surface area contributed by atoms with Gasteiger partial charge in [0.05, 0.1) is 0 Å². The smallest absolute Gasteiger partial charge is 0.218 e. The first-order valence-corrected chi connectivity index (χ1v) is 9.73. The number of oxazole rings is 1. The van der Waals surface area contributed by atoms with Gasteiger partial charge < -0.3 is 14.3 Å². The Morgan fingerprint density at radius 3 is 2.52 bits per heavy atom. The molecule has 0 radical (unpaired) electrons. The van der Waals surface area contributed by atoms with Crippen molar-refractivity contribution in [2.24, 2.45) is 0 Å². The number of hydrogen-bond acceptors (Lipinski definition) is 4. The zero-order chi connectivity index (χ0) is 18.9. The third kappa shape index (κ3) is 6.38. The van der Waals surface area contributed by atoms with Crippen LogP contribution in [0.3, 0.4) is 0 Å². The van der Waals surface area contributed by atoms with E-state index in [1.807, 2.05) is 48.6 Å². The number of rotatable bonds is 9. The molecular formula is C22H22BrNO3. The molecule has 0 atom stereocenters. The zero-order valence-corrected chi connectivity index (χ0v) is 16.6. The Morgan fingerprint density at radius 1 is 1.00 bits per heavy atom. The number of nitrogens with zero attached hydrogens (tertiary/aromatic N) is 1. The highest BCUT2D eigenvalue weighted by molar-refractivity contribution is 9.10. The van der Waals surface area contributed by atoms with E-state index in [0.29, 0.717) is 12.5 Å². The number of benzene rings is 2. The molecule has 3 rings (SSSR count). The molecule has 1 N–H and O–H groups in total. The normalized spacial score (nSPS) is 11.2. The lowest BCUT2D eigenvalue weighted by Crippen LogP contribution is -1.96. The van der Waals surface area contributed by atoms with E-state index in [2.05, 4.69) is 33.0 Å². The van der Waals surface area contributed by atoms with Crippen LogP contribution in [0.2, 0.25) is 0 Å². The SMILES string of the molecule is OCCCCc1ccc(OCc2coc(/C=C/c3ccc(Br)cc3)n2)cc1. The average molecular weight is 428 g/mol. The first-order chi connectivity index (χ1) is 13.2. The quantitative estimate of drug-likeness (QED) is 0.457. The van der Waals surface area contributed by atoms with E-state index < -0.39 is 0 Å². The molecule has 0 fully saturated rings. The standard InChI is InChI=1S/C22H22BrNO3/c23-19-9-4-18(5-10-19)8-13-22-24-20(16-27-22)15-26-21-11-6-17(7-12-21)3-1-2-14-25/h4-13,16,25H,1-3,14-15H2/b13-8+. The van der Waals surface area contributed by atoms with Gasteiger partial charge in [0.2, 0.25) is 5.89 Å². The maximum absolute atomic E-state index is 8.83. The second-order valence-corrected chi connectivity index (χ2v) is 7.09. The van der Waals surface area contributed by atoms with E-state index in [4.69, 9.17) is 14.3 Å². The number of aryl methyl sites for hydroxylation is 1. The molecule has 0 amide bonds. The summed E-state index contributed by atoms with van der Waals surface area (Å²) in [4.78, 5) is 4.41. The van der Waals surface area contributed by atoms with Gasteiger partial charge in [0.25, 0.3) is 0 Å². The fourth-order valence-corrected chi connectivity index (χ4v) is 2.82. The highest BCUT2D eigenvalue weighted by atomic mass is 79.9. The van der Waals surface area contributed by atoms with Crippen LogP contribution in [0, 0.1) is 0 Å². The highest BCUT2D eigenvalue weighted by Gasteiger charge is 2.03. The minimum Gasteiger partial charge on any atom is -0.487 e. The lowest BCUT2D eigenvalue weighted by Gasteiger charge is -2.05. The van der Waals surface area contributed by atoms with Gasteiger partial charge in [-0.25, -0.2) is 4.98 Å². The number of hydrogen-bond donors (Lipinski definition) is 1. The molecule has 0 saturated carbocycles. The topological polar surface area (TPSA) is 55.5 Å².